The third kappa shape index (κ3) is 1.77. The molecule has 128 valence electrons. The Morgan fingerprint density at radius 1 is 1.33 bits per heavy atom. The first-order valence-electron chi connectivity index (χ1n) is 9.58. The van der Waals surface area contributed by atoms with Crippen molar-refractivity contribution in [2.24, 2.45) is 11.8 Å². The molecule has 3 aliphatic carbocycles. The van der Waals surface area contributed by atoms with E-state index in [0.717, 1.165) is 43.8 Å². The van der Waals surface area contributed by atoms with Crippen molar-refractivity contribution in [3.63, 3.8) is 0 Å². The molecule has 1 aromatic carbocycles. The number of unbranched alkanes of at least 4 members (excludes halogenated alkanes) is 1. The van der Waals surface area contributed by atoms with Gasteiger partial charge in [0.25, 0.3) is 0 Å². The summed E-state index contributed by atoms with van der Waals surface area (Å²) < 4.78 is 12.5. The molecular formula is C21H26O3. The van der Waals surface area contributed by atoms with Gasteiger partial charge >= 0.3 is 0 Å². The van der Waals surface area contributed by atoms with Gasteiger partial charge in [-0.25, -0.2) is 0 Å². The minimum absolute atomic E-state index is 0.0237. The quantitative estimate of drug-likeness (QED) is 0.676. The molecule has 0 saturated heterocycles. The van der Waals surface area contributed by atoms with Gasteiger partial charge < -0.3 is 14.6 Å². The van der Waals surface area contributed by atoms with E-state index in [1.807, 2.05) is 6.08 Å². The molecule has 1 saturated carbocycles. The Morgan fingerprint density at radius 2 is 2.25 bits per heavy atom. The average molecular weight is 326 g/mol. The molecule has 1 spiro atoms. The van der Waals surface area contributed by atoms with Gasteiger partial charge in [-0.05, 0) is 49.1 Å². The van der Waals surface area contributed by atoms with Gasteiger partial charge in [0.2, 0.25) is 0 Å². The molecule has 0 radical (unpaired) electrons. The summed E-state index contributed by atoms with van der Waals surface area (Å²) in [6, 6.07) is 4.35. The van der Waals surface area contributed by atoms with Crippen LogP contribution in [0.2, 0.25) is 0 Å². The van der Waals surface area contributed by atoms with Crippen molar-refractivity contribution in [2.45, 2.75) is 63.1 Å². The molecule has 1 aliphatic heterocycles. The van der Waals surface area contributed by atoms with E-state index in [1.165, 1.54) is 24.0 Å². The third-order valence-electron chi connectivity index (χ3n) is 6.76. The van der Waals surface area contributed by atoms with Gasteiger partial charge in [0.15, 0.2) is 11.5 Å². The summed E-state index contributed by atoms with van der Waals surface area (Å²) in [4.78, 5) is 0. The molecule has 3 nitrogen and oxygen atoms in total. The minimum atomic E-state index is -0.512. The zero-order chi connectivity index (χ0) is 16.3. The van der Waals surface area contributed by atoms with Crippen LogP contribution in [-0.2, 0) is 11.8 Å². The molecule has 3 heteroatoms. The zero-order valence-corrected chi connectivity index (χ0v) is 14.3. The summed E-state index contributed by atoms with van der Waals surface area (Å²) in [6.45, 7) is 2.91. The summed E-state index contributed by atoms with van der Waals surface area (Å²) in [6.07, 6.45) is 10.6. The lowest BCUT2D eigenvalue weighted by Crippen LogP contribution is -2.57. The predicted octanol–water partition coefficient (Wildman–Crippen LogP) is 3.77. The normalized spacial score (nSPS) is 37.8. The summed E-state index contributed by atoms with van der Waals surface area (Å²) in [5.74, 6) is 3.01. The van der Waals surface area contributed by atoms with Crippen molar-refractivity contribution < 1.29 is 14.6 Å². The SMILES string of the molecule is CCCCOc1ccc2c3c1O[C@H]1[C@@H](O)C=C[C@H]4[C@H](CCC[C@@]341)C2. The number of aliphatic hydroxyl groups excluding tert-OH is 1. The van der Waals surface area contributed by atoms with Crippen LogP contribution in [0.3, 0.4) is 0 Å². The van der Waals surface area contributed by atoms with Crippen molar-refractivity contribution >= 4 is 0 Å². The zero-order valence-electron chi connectivity index (χ0n) is 14.3. The van der Waals surface area contributed by atoms with Crippen LogP contribution in [0.15, 0.2) is 24.3 Å². The maximum absolute atomic E-state index is 10.6. The number of hydrogen-bond acceptors (Lipinski definition) is 3. The summed E-state index contributed by atoms with van der Waals surface area (Å²) in [5, 5.41) is 10.6. The maximum Gasteiger partial charge on any atom is 0.165 e. The van der Waals surface area contributed by atoms with Gasteiger partial charge in [0, 0.05) is 11.0 Å². The lowest BCUT2D eigenvalue weighted by atomic mass is 9.50. The Bertz CT molecular complexity index is 695. The lowest BCUT2D eigenvalue weighted by molar-refractivity contribution is -0.0273. The highest BCUT2D eigenvalue weighted by molar-refractivity contribution is 5.61. The Morgan fingerprint density at radius 3 is 3.12 bits per heavy atom. The highest BCUT2D eigenvalue weighted by Crippen LogP contribution is 2.64. The first kappa shape index (κ1) is 14.8. The van der Waals surface area contributed by atoms with E-state index in [4.69, 9.17) is 9.47 Å². The van der Waals surface area contributed by atoms with Crippen LogP contribution in [0.5, 0.6) is 11.5 Å². The molecule has 0 amide bonds. The number of allylic oxidation sites excluding steroid dienone is 1. The molecule has 0 aromatic heterocycles. The molecule has 5 rings (SSSR count). The van der Waals surface area contributed by atoms with E-state index in [2.05, 4.69) is 25.1 Å². The lowest BCUT2D eigenvalue weighted by Gasteiger charge is -2.53. The molecule has 24 heavy (non-hydrogen) atoms. The summed E-state index contributed by atoms with van der Waals surface area (Å²) >= 11 is 0. The largest absolute Gasteiger partial charge is 0.490 e. The van der Waals surface area contributed by atoms with Crippen LogP contribution in [0.25, 0.3) is 0 Å². The molecule has 1 fully saturated rings. The standard InChI is InChI=1S/C21H26O3/c1-2-3-11-23-17-9-6-14-12-13-5-4-10-21-15(13)7-8-16(22)20(21)24-19(17)18(14)21/h6-9,13,15-16,20,22H,2-5,10-12H2,1H3/t13-,15+,16+,20+,21+/m1/s1. The van der Waals surface area contributed by atoms with Crippen molar-refractivity contribution in [1.82, 2.24) is 0 Å². The predicted molar refractivity (Wildman–Crippen MR) is 92.6 cm³/mol. The fourth-order valence-electron chi connectivity index (χ4n) is 5.81. The second-order valence-corrected chi connectivity index (χ2v) is 7.97. The van der Waals surface area contributed by atoms with Crippen molar-refractivity contribution in [1.29, 1.82) is 0 Å². The molecule has 1 heterocycles. The number of benzene rings is 1. The van der Waals surface area contributed by atoms with Gasteiger partial charge in [0.1, 0.15) is 12.2 Å². The van der Waals surface area contributed by atoms with Crippen molar-refractivity contribution in [3.05, 3.63) is 35.4 Å². The topological polar surface area (TPSA) is 38.7 Å². The first-order chi connectivity index (χ1) is 11.8. The van der Waals surface area contributed by atoms with Gasteiger partial charge in [-0.1, -0.05) is 38.0 Å². The van der Waals surface area contributed by atoms with Crippen molar-refractivity contribution in [3.8, 4) is 11.5 Å². The molecular weight excluding hydrogens is 300 g/mol. The molecule has 1 N–H and O–H groups in total. The van der Waals surface area contributed by atoms with E-state index in [1.54, 1.807) is 0 Å². The molecule has 0 unspecified atom stereocenters. The van der Waals surface area contributed by atoms with E-state index in [9.17, 15) is 5.11 Å². The number of hydrogen-bond donors (Lipinski definition) is 1. The van der Waals surface area contributed by atoms with E-state index >= 15 is 0 Å². The molecule has 1 aromatic rings. The van der Waals surface area contributed by atoms with E-state index in [0.29, 0.717) is 11.8 Å². The van der Waals surface area contributed by atoms with Gasteiger partial charge in [-0.3, -0.25) is 0 Å². The Hall–Kier alpha value is -1.48. The van der Waals surface area contributed by atoms with Crippen LogP contribution in [-0.4, -0.2) is 23.9 Å². The van der Waals surface area contributed by atoms with Gasteiger partial charge in [-0.15, -0.1) is 0 Å². The second kappa shape index (κ2) is 5.26. The molecule has 4 aliphatic rings. The number of aliphatic hydroxyl groups is 1. The minimum Gasteiger partial charge on any atom is -0.490 e. The van der Waals surface area contributed by atoms with Crippen LogP contribution in [0, 0.1) is 11.8 Å². The number of rotatable bonds is 4. The van der Waals surface area contributed by atoms with Gasteiger partial charge in [-0.2, -0.15) is 0 Å². The van der Waals surface area contributed by atoms with Crippen LogP contribution in [0.4, 0.5) is 0 Å². The monoisotopic (exact) mass is 326 g/mol. The Balaban J connectivity index is 1.65. The Labute approximate surface area is 143 Å². The molecule has 5 atom stereocenters. The number of ether oxygens (including phenoxy) is 2. The average Bonchev–Trinajstić information content (AvgIpc) is 2.92. The highest BCUT2D eigenvalue weighted by atomic mass is 16.5. The maximum atomic E-state index is 10.6. The smallest absolute Gasteiger partial charge is 0.165 e. The Kier molecular flexibility index (Phi) is 3.25. The highest BCUT2D eigenvalue weighted by Gasteiger charge is 2.63. The van der Waals surface area contributed by atoms with Crippen molar-refractivity contribution in [2.75, 3.05) is 6.61 Å². The van der Waals surface area contributed by atoms with Crippen LogP contribution in [0.1, 0.15) is 50.2 Å². The summed E-state index contributed by atoms with van der Waals surface area (Å²) in [7, 11) is 0. The second-order valence-electron chi connectivity index (χ2n) is 7.97. The van der Waals surface area contributed by atoms with E-state index in [-0.39, 0.29) is 11.5 Å². The summed E-state index contributed by atoms with van der Waals surface area (Å²) in [5.41, 5.74) is 2.77. The van der Waals surface area contributed by atoms with Crippen LogP contribution < -0.4 is 9.47 Å². The molecule has 2 bridgehead atoms. The first-order valence-corrected chi connectivity index (χ1v) is 9.58. The third-order valence-corrected chi connectivity index (χ3v) is 6.76. The van der Waals surface area contributed by atoms with Gasteiger partial charge in [0.05, 0.1) is 6.61 Å². The fourth-order valence-corrected chi connectivity index (χ4v) is 5.81. The van der Waals surface area contributed by atoms with Crippen LogP contribution >= 0.6 is 0 Å². The fraction of sp³-hybridized carbons (Fsp3) is 0.619. The van der Waals surface area contributed by atoms with E-state index < -0.39 is 6.10 Å².